The third-order valence-electron chi connectivity index (χ3n) is 7.93. The van der Waals surface area contributed by atoms with E-state index in [1.165, 1.54) is 0 Å². The summed E-state index contributed by atoms with van der Waals surface area (Å²) in [5.41, 5.74) is 8.66. The van der Waals surface area contributed by atoms with Gasteiger partial charge in [0.25, 0.3) is 5.91 Å². The van der Waals surface area contributed by atoms with Crippen LogP contribution in [0.15, 0.2) is 24.3 Å². The lowest BCUT2D eigenvalue weighted by Gasteiger charge is -2.31. The number of amides is 1. The third-order valence-corrected chi connectivity index (χ3v) is 8.84. The topological polar surface area (TPSA) is 61.1 Å². The molecule has 2 aromatic heterocycles. The molecule has 200 valence electrons. The maximum atomic E-state index is 13.4. The first-order chi connectivity index (χ1) is 18.0. The molecule has 5 rings (SSSR count). The standard InChI is InChI=1S/C30H34Cl2N4O2/c1-15-13-21(14-16(2)27(15)32)38-12-8-9-22-23-10-11-24(31)26(25-18(4)34-35(7)20(25)6)28(23)36-19(5)17(3)33-30(37)29(22)36/h10-11,13-14,17,19H,8-9,12H2,1-7H3,(H,33,37)/t17-,19?/m1/s1. The number of hydrogen-bond acceptors (Lipinski definition) is 3. The summed E-state index contributed by atoms with van der Waals surface area (Å²) in [7, 11) is 1.95. The number of hydrogen-bond donors (Lipinski definition) is 1. The molecule has 0 fully saturated rings. The number of nitrogens with one attached hydrogen (secondary N) is 1. The zero-order chi connectivity index (χ0) is 27.5. The number of aryl methyl sites for hydroxylation is 5. The quantitative estimate of drug-likeness (QED) is 0.255. The molecule has 1 N–H and O–H groups in total. The van der Waals surface area contributed by atoms with Crippen molar-refractivity contribution >= 4 is 40.0 Å². The number of aromatic nitrogens is 3. The fraction of sp³-hybridized carbons (Fsp3) is 0.400. The van der Waals surface area contributed by atoms with E-state index in [4.69, 9.17) is 27.9 Å². The van der Waals surface area contributed by atoms with Crippen LogP contribution in [0.3, 0.4) is 0 Å². The minimum absolute atomic E-state index is 0.0129. The molecule has 1 aliphatic rings. The van der Waals surface area contributed by atoms with E-state index >= 15 is 0 Å². The number of benzene rings is 2. The van der Waals surface area contributed by atoms with E-state index in [2.05, 4.69) is 34.9 Å². The van der Waals surface area contributed by atoms with Crippen LogP contribution in [0.2, 0.25) is 10.0 Å². The van der Waals surface area contributed by atoms with Gasteiger partial charge in [0.2, 0.25) is 0 Å². The molecule has 2 atom stereocenters. The Kier molecular flexibility index (Phi) is 6.99. The lowest BCUT2D eigenvalue weighted by atomic mass is 9.98. The largest absolute Gasteiger partial charge is 0.494 e. The van der Waals surface area contributed by atoms with Gasteiger partial charge in [0.1, 0.15) is 11.4 Å². The summed E-state index contributed by atoms with van der Waals surface area (Å²) in [4.78, 5) is 13.4. The summed E-state index contributed by atoms with van der Waals surface area (Å²) < 4.78 is 10.2. The van der Waals surface area contributed by atoms with Crippen LogP contribution < -0.4 is 10.1 Å². The first-order valence-electron chi connectivity index (χ1n) is 13.1. The van der Waals surface area contributed by atoms with Crippen LogP contribution in [-0.2, 0) is 13.5 Å². The van der Waals surface area contributed by atoms with Crippen LogP contribution in [0.5, 0.6) is 5.75 Å². The lowest BCUT2D eigenvalue weighted by molar-refractivity contribution is 0.0890. The zero-order valence-corrected chi connectivity index (χ0v) is 24.5. The van der Waals surface area contributed by atoms with Crippen LogP contribution in [0.1, 0.15) is 64.9 Å². The molecule has 6 nitrogen and oxygen atoms in total. The molecular weight excluding hydrogens is 519 g/mol. The number of nitrogens with zero attached hydrogens (tertiary/aromatic N) is 3. The Morgan fingerprint density at radius 1 is 1.05 bits per heavy atom. The van der Waals surface area contributed by atoms with Gasteiger partial charge in [-0.2, -0.15) is 5.10 Å². The van der Waals surface area contributed by atoms with Gasteiger partial charge in [-0.3, -0.25) is 9.48 Å². The van der Waals surface area contributed by atoms with Gasteiger partial charge in [-0.05, 0) is 89.3 Å². The molecule has 1 unspecified atom stereocenters. The average Bonchev–Trinajstić information content (AvgIpc) is 3.32. The molecule has 0 spiro atoms. The molecule has 3 heterocycles. The van der Waals surface area contributed by atoms with Crippen molar-refractivity contribution in [3.05, 3.63) is 68.1 Å². The fourth-order valence-electron chi connectivity index (χ4n) is 5.77. The first-order valence-corrected chi connectivity index (χ1v) is 13.8. The van der Waals surface area contributed by atoms with Crippen molar-refractivity contribution in [2.24, 2.45) is 7.05 Å². The van der Waals surface area contributed by atoms with E-state index in [9.17, 15) is 4.79 Å². The second-order valence-electron chi connectivity index (χ2n) is 10.5. The van der Waals surface area contributed by atoms with Crippen LogP contribution in [0.4, 0.5) is 0 Å². The van der Waals surface area contributed by atoms with E-state index in [0.29, 0.717) is 23.7 Å². The Hall–Kier alpha value is -2.96. The van der Waals surface area contributed by atoms with Gasteiger partial charge in [-0.15, -0.1) is 0 Å². The number of halogens is 2. The van der Waals surface area contributed by atoms with Crippen molar-refractivity contribution < 1.29 is 9.53 Å². The molecular formula is C30H34Cl2N4O2. The first kappa shape index (κ1) is 26.6. The van der Waals surface area contributed by atoms with E-state index < -0.39 is 0 Å². The third kappa shape index (κ3) is 4.28. The van der Waals surface area contributed by atoms with Gasteiger partial charge in [-0.1, -0.05) is 29.3 Å². The van der Waals surface area contributed by atoms with E-state index in [-0.39, 0.29) is 18.0 Å². The highest BCUT2D eigenvalue weighted by molar-refractivity contribution is 6.35. The molecule has 0 radical (unpaired) electrons. The molecule has 4 aromatic rings. The van der Waals surface area contributed by atoms with Gasteiger partial charge in [-0.25, -0.2) is 0 Å². The molecule has 0 aliphatic carbocycles. The van der Waals surface area contributed by atoms with Gasteiger partial charge < -0.3 is 14.6 Å². The number of carbonyl (C=O) groups excluding carboxylic acids is 1. The summed E-state index contributed by atoms with van der Waals surface area (Å²) in [6, 6.07) is 7.98. The molecule has 0 saturated carbocycles. The molecule has 2 aromatic carbocycles. The maximum Gasteiger partial charge on any atom is 0.268 e. The predicted molar refractivity (Wildman–Crippen MR) is 155 cm³/mol. The highest BCUT2D eigenvalue weighted by Gasteiger charge is 2.35. The monoisotopic (exact) mass is 552 g/mol. The van der Waals surface area contributed by atoms with Crippen molar-refractivity contribution in [2.75, 3.05) is 6.61 Å². The SMILES string of the molecule is Cc1cc(OCCCc2c3n(c4c(-c5c(C)nn(C)c5C)c(Cl)ccc24)C(C)[C@@H](C)NC3=O)cc(C)c1Cl. The normalized spacial score (nSPS) is 17.1. The van der Waals surface area contributed by atoms with Crippen molar-refractivity contribution in [1.29, 1.82) is 0 Å². The maximum absolute atomic E-state index is 13.4. The predicted octanol–water partition coefficient (Wildman–Crippen LogP) is 7.29. The van der Waals surface area contributed by atoms with Gasteiger partial charge in [0.05, 0.1) is 28.9 Å². The second-order valence-corrected chi connectivity index (χ2v) is 11.3. The van der Waals surface area contributed by atoms with E-state index in [1.54, 1.807) is 0 Å². The van der Waals surface area contributed by atoms with Gasteiger partial charge in [0, 0.05) is 40.3 Å². The number of rotatable bonds is 6. The molecule has 38 heavy (non-hydrogen) atoms. The van der Waals surface area contributed by atoms with Crippen LogP contribution in [-0.4, -0.2) is 32.9 Å². The van der Waals surface area contributed by atoms with Gasteiger partial charge >= 0.3 is 0 Å². The van der Waals surface area contributed by atoms with Crippen molar-refractivity contribution in [1.82, 2.24) is 19.7 Å². The molecule has 8 heteroatoms. The summed E-state index contributed by atoms with van der Waals surface area (Å²) in [5, 5.41) is 10.3. The lowest BCUT2D eigenvalue weighted by Crippen LogP contribution is -2.45. The fourth-order valence-corrected chi connectivity index (χ4v) is 6.13. The Bertz CT molecular complexity index is 1560. The molecule has 0 saturated heterocycles. The average molecular weight is 554 g/mol. The van der Waals surface area contributed by atoms with E-state index in [1.807, 2.05) is 57.6 Å². The van der Waals surface area contributed by atoms with Crippen molar-refractivity contribution in [3.8, 4) is 16.9 Å². The number of fused-ring (bicyclic) bond motifs is 3. The van der Waals surface area contributed by atoms with Crippen LogP contribution in [0.25, 0.3) is 22.0 Å². The summed E-state index contributed by atoms with van der Waals surface area (Å²) in [5.74, 6) is 0.762. The van der Waals surface area contributed by atoms with Gasteiger partial charge in [0.15, 0.2) is 0 Å². The minimum Gasteiger partial charge on any atom is -0.494 e. The molecule has 1 amide bonds. The minimum atomic E-state index is -0.0478. The Balaban J connectivity index is 1.59. The molecule has 1 aliphatic heterocycles. The smallest absolute Gasteiger partial charge is 0.268 e. The summed E-state index contributed by atoms with van der Waals surface area (Å²) in [6.45, 7) is 12.8. The summed E-state index contributed by atoms with van der Waals surface area (Å²) >= 11 is 13.2. The van der Waals surface area contributed by atoms with Crippen LogP contribution in [0, 0.1) is 27.7 Å². The Morgan fingerprint density at radius 3 is 2.37 bits per heavy atom. The number of ether oxygens (including phenoxy) is 1. The Morgan fingerprint density at radius 2 is 1.74 bits per heavy atom. The van der Waals surface area contributed by atoms with Crippen LogP contribution >= 0.6 is 23.2 Å². The summed E-state index contributed by atoms with van der Waals surface area (Å²) in [6.07, 6.45) is 1.46. The molecule has 0 bridgehead atoms. The number of carbonyl (C=O) groups is 1. The Labute approximate surface area is 233 Å². The zero-order valence-electron chi connectivity index (χ0n) is 23.0. The highest BCUT2D eigenvalue weighted by Crippen LogP contribution is 2.44. The second kappa shape index (κ2) is 9.97. The van der Waals surface area contributed by atoms with Crippen molar-refractivity contribution in [2.45, 2.75) is 66.5 Å². The highest BCUT2D eigenvalue weighted by atomic mass is 35.5. The van der Waals surface area contributed by atoms with Crippen molar-refractivity contribution in [3.63, 3.8) is 0 Å². The van der Waals surface area contributed by atoms with E-state index in [0.717, 1.165) is 67.3 Å².